The summed E-state index contributed by atoms with van der Waals surface area (Å²) in [6.45, 7) is 5.15. The zero-order chi connectivity index (χ0) is 21.4. The molecule has 2 rings (SSSR count). The van der Waals surface area contributed by atoms with E-state index in [4.69, 9.17) is 16.3 Å². The molecule has 2 atom stereocenters. The molecule has 0 heterocycles. The molecule has 0 saturated carbocycles. The van der Waals surface area contributed by atoms with Crippen molar-refractivity contribution in [1.82, 2.24) is 10.2 Å². The van der Waals surface area contributed by atoms with Gasteiger partial charge in [0.1, 0.15) is 17.6 Å². The summed E-state index contributed by atoms with van der Waals surface area (Å²) in [6.07, 6.45) is 0.763. The standard InChI is InChI=1S/C22H26ClFN2O3/c1-4-15(2)25-22(28)16(3)26(13-17-7-5-6-8-20(17)24)21(27)14-29-19-11-9-18(23)10-12-19/h5-12,15-16H,4,13-14H2,1-3H3,(H,25,28)/t15-,16+/m0/s1. The smallest absolute Gasteiger partial charge is 0.261 e. The van der Waals surface area contributed by atoms with Gasteiger partial charge in [-0.1, -0.05) is 36.7 Å². The number of halogens is 2. The maximum absolute atomic E-state index is 14.1. The van der Waals surface area contributed by atoms with Crippen LogP contribution in [-0.2, 0) is 16.1 Å². The van der Waals surface area contributed by atoms with Crippen LogP contribution in [0.4, 0.5) is 4.39 Å². The molecule has 0 unspecified atom stereocenters. The van der Waals surface area contributed by atoms with E-state index in [2.05, 4.69) is 5.32 Å². The quantitative estimate of drug-likeness (QED) is 0.661. The Labute approximate surface area is 175 Å². The van der Waals surface area contributed by atoms with E-state index in [9.17, 15) is 14.0 Å². The maximum Gasteiger partial charge on any atom is 0.261 e. The van der Waals surface area contributed by atoms with Crippen LogP contribution >= 0.6 is 11.6 Å². The van der Waals surface area contributed by atoms with Crippen LogP contribution in [0.5, 0.6) is 5.75 Å². The average Bonchev–Trinajstić information content (AvgIpc) is 2.71. The first-order valence-electron chi connectivity index (χ1n) is 9.53. The Hall–Kier alpha value is -2.60. The monoisotopic (exact) mass is 420 g/mol. The van der Waals surface area contributed by atoms with E-state index < -0.39 is 17.8 Å². The van der Waals surface area contributed by atoms with Crippen LogP contribution in [0.2, 0.25) is 5.02 Å². The van der Waals surface area contributed by atoms with Gasteiger partial charge in [-0.25, -0.2) is 4.39 Å². The third kappa shape index (κ3) is 6.75. The van der Waals surface area contributed by atoms with Gasteiger partial charge in [0.2, 0.25) is 5.91 Å². The number of nitrogens with zero attached hydrogens (tertiary/aromatic N) is 1. The first kappa shape index (κ1) is 22.7. The molecular formula is C22H26ClFN2O3. The number of rotatable bonds is 9. The predicted molar refractivity (Wildman–Crippen MR) is 111 cm³/mol. The van der Waals surface area contributed by atoms with Gasteiger partial charge in [0.15, 0.2) is 6.61 Å². The van der Waals surface area contributed by atoms with Crippen molar-refractivity contribution in [3.8, 4) is 5.75 Å². The number of nitrogens with one attached hydrogen (secondary N) is 1. The van der Waals surface area contributed by atoms with Gasteiger partial charge in [-0.3, -0.25) is 9.59 Å². The molecule has 5 nitrogen and oxygen atoms in total. The van der Waals surface area contributed by atoms with Crippen molar-refractivity contribution >= 4 is 23.4 Å². The van der Waals surface area contributed by atoms with E-state index in [-0.39, 0.29) is 25.1 Å². The minimum atomic E-state index is -0.787. The summed E-state index contributed by atoms with van der Waals surface area (Å²) in [7, 11) is 0. The van der Waals surface area contributed by atoms with Gasteiger partial charge >= 0.3 is 0 Å². The van der Waals surface area contributed by atoms with Crippen LogP contribution in [0.25, 0.3) is 0 Å². The number of hydrogen-bond acceptors (Lipinski definition) is 3. The third-order valence-corrected chi connectivity index (χ3v) is 4.89. The number of benzene rings is 2. The molecule has 2 aromatic carbocycles. The molecular weight excluding hydrogens is 395 g/mol. The van der Waals surface area contributed by atoms with Crippen LogP contribution < -0.4 is 10.1 Å². The number of carbonyl (C=O) groups is 2. The van der Waals surface area contributed by atoms with Crippen molar-refractivity contribution in [3.63, 3.8) is 0 Å². The van der Waals surface area contributed by atoms with Crippen molar-refractivity contribution in [1.29, 1.82) is 0 Å². The molecule has 29 heavy (non-hydrogen) atoms. The molecule has 1 N–H and O–H groups in total. The predicted octanol–water partition coefficient (Wildman–Crippen LogP) is 4.19. The van der Waals surface area contributed by atoms with E-state index in [0.717, 1.165) is 6.42 Å². The summed E-state index contributed by atoms with van der Waals surface area (Å²) in [5, 5.41) is 3.42. The van der Waals surface area contributed by atoms with Crippen molar-refractivity contribution < 1.29 is 18.7 Å². The normalized spacial score (nSPS) is 12.7. The molecule has 0 spiro atoms. The second-order valence-corrected chi connectivity index (χ2v) is 7.29. The molecule has 0 fully saturated rings. The molecule has 0 radical (unpaired) electrons. The van der Waals surface area contributed by atoms with Gasteiger partial charge in [0, 0.05) is 23.2 Å². The Bertz CT molecular complexity index is 829. The number of hydrogen-bond donors (Lipinski definition) is 1. The molecule has 0 aliphatic carbocycles. The van der Waals surface area contributed by atoms with Gasteiger partial charge in [0.05, 0.1) is 0 Å². The topological polar surface area (TPSA) is 58.6 Å². The largest absolute Gasteiger partial charge is 0.484 e. The van der Waals surface area contributed by atoms with Crippen molar-refractivity contribution in [3.05, 3.63) is 64.9 Å². The zero-order valence-corrected chi connectivity index (χ0v) is 17.6. The molecule has 0 aliphatic heterocycles. The third-order valence-electron chi connectivity index (χ3n) is 4.64. The summed E-state index contributed by atoms with van der Waals surface area (Å²) < 4.78 is 19.7. The lowest BCUT2D eigenvalue weighted by atomic mass is 10.1. The van der Waals surface area contributed by atoms with Gasteiger partial charge in [0.25, 0.3) is 5.91 Å². The van der Waals surface area contributed by atoms with E-state index in [1.807, 2.05) is 13.8 Å². The first-order chi connectivity index (χ1) is 13.8. The van der Waals surface area contributed by atoms with Crippen LogP contribution in [0.3, 0.4) is 0 Å². The van der Waals surface area contributed by atoms with E-state index in [1.165, 1.54) is 11.0 Å². The van der Waals surface area contributed by atoms with Crippen LogP contribution in [0.1, 0.15) is 32.8 Å². The molecule has 0 aromatic heterocycles. The lowest BCUT2D eigenvalue weighted by molar-refractivity contribution is -0.142. The molecule has 2 amide bonds. The Morgan fingerprint density at radius 3 is 2.41 bits per heavy atom. The van der Waals surface area contributed by atoms with E-state index >= 15 is 0 Å². The SMILES string of the molecule is CC[C@H](C)NC(=O)[C@@H](C)N(Cc1ccccc1F)C(=O)COc1ccc(Cl)cc1. The Morgan fingerprint density at radius 1 is 1.14 bits per heavy atom. The Balaban J connectivity index is 2.15. The highest BCUT2D eigenvalue weighted by Crippen LogP contribution is 2.17. The lowest BCUT2D eigenvalue weighted by Crippen LogP contribution is -2.50. The zero-order valence-electron chi connectivity index (χ0n) is 16.8. The van der Waals surface area contributed by atoms with Gasteiger partial charge < -0.3 is 15.0 Å². The minimum Gasteiger partial charge on any atom is -0.484 e. The van der Waals surface area contributed by atoms with Crippen molar-refractivity contribution in [2.75, 3.05) is 6.61 Å². The van der Waals surface area contributed by atoms with Crippen LogP contribution in [0, 0.1) is 5.82 Å². The fraction of sp³-hybridized carbons (Fsp3) is 0.364. The summed E-state index contributed by atoms with van der Waals surface area (Å²) >= 11 is 5.85. The molecule has 7 heteroatoms. The lowest BCUT2D eigenvalue weighted by Gasteiger charge is -2.29. The van der Waals surface area contributed by atoms with Crippen LogP contribution in [-0.4, -0.2) is 35.4 Å². The van der Waals surface area contributed by atoms with Gasteiger partial charge in [-0.05, 0) is 50.6 Å². The first-order valence-corrected chi connectivity index (χ1v) is 9.91. The highest BCUT2D eigenvalue weighted by atomic mass is 35.5. The second-order valence-electron chi connectivity index (χ2n) is 6.85. The summed E-state index contributed by atoms with van der Waals surface area (Å²) in [5.74, 6) is -0.672. The fourth-order valence-electron chi connectivity index (χ4n) is 2.62. The molecule has 0 saturated heterocycles. The molecule has 0 bridgehead atoms. The Morgan fingerprint density at radius 2 is 1.79 bits per heavy atom. The van der Waals surface area contributed by atoms with Gasteiger partial charge in [-0.2, -0.15) is 0 Å². The van der Waals surface area contributed by atoms with Crippen molar-refractivity contribution in [2.45, 2.75) is 45.8 Å². The van der Waals surface area contributed by atoms with Crippen LogP contribution in [0.15, 0.2) is 48.5 Å². The molecule has 2 aromatic rings. The number of carbonyl (C=O) groups excluding carboxylic acids is 2. The van der Waals surface area contributed by atoms with E-state index in [0.29, 0.717) is 16.3 Å². The fourth-order valence-corrected chi connectivity index (χ4v) is 2.74. The van der Waals surface area contributed by atoms with Gasteiger partial charge in [-0.15, -0.1) is 0 Å². The number of amides is 2. The van der Waals surface area contributed by atoms with Crippen molar-refractivity contribution in [2.24, 2.45) is 0 Å². The maximum atomic E-state index is 14.1. The minimum absolute atomic E-state index is 0.0271. The number of ether oxygens (including phenoxy) is 1. The van der Waals surface area contributed by atoms with E-state index in [1.54, 1.807) is 49.4 Å². The highest BCUT2D eigenvalue weighted by molar-refractivity contribution is 6.30. The highest BCUT2D eigenvalue weighted by Gasteiger charge is 2.27. The molecule has 0 aliphatic rings. The second kappa shape index (κ2) is 10.8. The average molecular weight is 421 g/mol. The molecule has 156 valence electrons. The summed E-state index contributed by atoms with van der Waals surface area (Å²) in [5.41, 5.74) is 0.329. The summed E-state index contributed by atoms with van der Waals surface area (Å²) in [6, 6.07) is 12.0. The summed E-state index contributed by atoms with van der Waals surface area (Å²) in [4.78, 5) is 26.8. The Kier molecular flexibility index (Phi) is 8.46.